The lowest BCUT2D eigenvalue weighted by Crippen LogP contribution is -2.47. The maximum atomic E-state index is 12.3. The standard InChI is InChI=1S/C18H20O5/c1-11(2)8-13-9-18(21)10-14(22-17(18)20)15(13)23-16(19)12-6-4-3-5-7-12/h3-7,13-15,21H,1,8-10H2,2H3/t13-,14+,15+,18-/m0/s1. The number of allylic oxidation sites excluding steroid dienone is 1. The lowest BCUT2D eigenvalue weighted by Gasteiger charge is -2.36. The fourth-order valence-electron chi connectivity index (χ4n) is 3.48. The van der Waals surface area contributed by atoms with Gasteiger partial charge in [-0.15, -0.1) is 6.58 Å². The molecule has 1 heterocycles. The lowest BCUT2D eigenvalue weighted by molar-refractivity contribution is -0.154. The minimum absolute atomic E-state index is 0.172. The minimum atomic E-state index is -1.46. The molecule has 1 aliphatic heterocycles. The molecule has 1 aromatic carbocycles. The third kappa shape index (κ3) is 3.01. The topological polar surface area (TPSA) is 72.8 Å². The van der Waals surface area contributed by atoms with Crippen molar-refractivity contribution in [1.29, 1.82) is 0 Å². The van der Waals surface area contributed by atoms with Gasteiger partial charge in [-0.1, -0.05) is 23.8 Å². The summed E-state index contributed by atoms with van der Waals surface area (Å²) in [7, 11) is 0. The van der Waals surface area contributed by atoms with E-state index in [2.05, 4.69) is 6.58 Å². The highest BCUT2D eigenvalue weighted by atomic mass is 16.6. The number of fused-ring (bicyclic) bond motifs is 2. The van der Waals surface area contributed by atoms with Crippen molar-refractivity contribution in [1.82, 2.24) is 0 Å². The first-order chi connectivity index (χ1) is 10.9. The molecule has 23 heavy (non-hydrogen) atoms. The van der Waals surface area contributed by atoms with Crippen molar-refractivity contribution < 1.29 is 24.2 Å². The number of benzene rings is 1. The Morgan fingerprint density at radius 2 is 2.09 bits per heavy atom. The molecule has 1 N–H and O–H groups in total. The minimum Gasteiger partial charge on any atom is -0.456 e. The summed E-state index contributed by atoms with van der Waals surface area (Å²) in [5, 5.41) is 10.4. The van der Waals surface area contributed by atoms with E-state index >= 15 is 0 Å². The van der Waals surface area contributed by atoms with Gasteiger partial charge in [0.2, 0.25) is 0 Å². The van der Waals surface area contributed by atoms with E-state index in [0.29, 0.717) is 12.0 Å². The Bertz CT molecular complexity index is 638. The summed E-state index contributed by atoms with van der Waals surface area (Å²) in [6, 6.07) is 8.69. The van der Waals surface area contributed by atoms with Crippen molar-refractivity contribution in [3.63, 3.8) is 0 Å². The molecule has 4 atom stereocenters. The highest BCUT2D eigenvalue weighted by Gasteiger charge is 2.58. The van der Waals surface area contributed by atoms with Crippen molar-refractivity contribution in [2.45, 2.75) is 44.0 Å². The zero-order valence-electron chi connectivity index (χ0n) is 13.0. The lowest BCUT2D eigenvalue weighted by atomic mass is 9.74. The number of carbonyl (C=O) groups is 2. The van der Waals surface area contributed by atoms with Gasteiger partial charge >= 0.3 is 11.9 Å². The van der Waals surface area contributed by atoms with E-state index in [1.165, 1.54) is 0 Å². The molecule has 1 aliphatic carbocycles. The molecular weight excluding hydrogens is 296 g/mol. The summed E-state index contributed by atoms with van der Waals surface area (Å²) in [6.07, 6.45) is -0.195. The van der Waals surface area contributed by atoms with Crippen molar-refractivity contribution in [3.05, 3.63) is 48.0 Å². The molecule has 0 spiro atoms. The predicted molar refractivity (Wildman–Crippen MR) is 82.6 cm³/mol. The van der Waals surface area contributed by atoms with Gasteiger partial charge in [0.1, 0.15) is 12.2 Å². The second kappa shape index (κ2) is 5.81. The molecule has 5 nitrogen and oxygen atoms in total. The van der Waals surface area contributed by atoms with Gasteiger partial charge in [-0.3, -0.25) is 0 Å². The molecule has 0 amide bonds. The van der Waals surface area contributed by atoms with Crippen LogP contribution in [-0.4, -0.2) is 34.9 Å². The molecule has 1 saturated carbocycles. The summed E-state index contributed by atoms with van der Waals surface area (Å²) in [5.41, 5.74) is -0.0969. The first-order valence-corrected chi connectivity index (χ1v) is 7.73. The largest absolute Gasteiger partial charge is 0.456 e. The first kappa shape index (κ1) is 15.7. The van der Waals surface area contributed by atoms with Crippen molar-refractivity contribution in [3.8, 4) is 0 Å². The monoisotopic (exact) mass is 316 g/mol. The van der Waals surface area contributed by atoms with Gasteiger partial charge in [0.15, 0.2) is 5.60 Å². The summed E-state index contributed by atoms with van der Waals surface area (Å²) < 4.78 is 10.9. The van der Waals surface area contributed by atoms with E-state index in [-0.39, 0.29) is 18.8 Å². The van der Waals surface area contributed by atoms with E-state index in [1.807, 2.05) is 13.0 Å². The van der Waals surface area contributed by atoms with Gasteiger partial charge in [0.25, 0.3) is 0 Å². The van der Waals surface area contributed by atoms with Crippen molar-refractivity contribution >= 4 is 11.9 Å². The summed E-state index contributed by atoms with van der Waals surface area (Å²) >= 11 is 0. The van der Waals surface area contributed by atoms with Gasteiger partial charge in [-0.05, 0) is 31.9 Å². The average Bonchev–Trinajstić information content (AvgIpc) is 2.74. The van der Waals surface area contributed by atoms with Crippen molar-refractivity contribution in [2.24, 2.45) is 5.92 Å². The van der Waals surface area contributed by atoms with Gasteiger partial charge in [0, 0.05) is 12.3 Å². The molecule has 1 saturated heterocycles. The summed E-state index contributed by atoms with van der Waals surface area (Å²) in [5.74, 6) is -1.25. The van der Waals surface area contributed by atoms with Crippen LogP contribution in [0.15, 0.2) is 42.5 Å². The van der Waals surface area contributed by atoms with Crippen LogP contribution in [-0.2, 0) is 14.3 Å². The SMILES string of the molecule is C=C(C)C[C@H]1C[C@]2(O)C[C@@H](OC2=O)[C@@H]1OC(=O)c1ccccc1. The van der Waals surface area contributed by atoms with Crippen LogP contribution in [0, 0.1) is 5.92 Å². The maximum Gasteiger partial charge on any atom is 0.338 e. The van der Waals surface area contributed by atoms with E-state index in [1.54, 1.807) is 24.3 Å². The molecule has 2 aliphatic rings. The third-order valence-corrected chi connectivity index (χ3v) is 4.47. The Labute approximate surface area is 134 Å². The molecule has 1 aromatic rings. The second-order valence-electron chi connectivity index (χ2n) is 6.54. The number of hydrogen-bond acceptors (Lipinski definition) is 5. The quantitative estimate of drug-likeness (QED) is 0.681. The first-order valence-electron chi connectivity index (χ1n) is 7.73. The van der Waals surface area contributed by atoms with Crippen LogP contribution in [0.25, 0.3) is 0 Å². The number of ether oxygens (including phenoxy) is 2. The zero-order valence-corrected chi connectivity index (χ0v) is 13.0. The van der Waals surface area contributed by atoms with Gasteiger partial charge < -0.3 is 14.6 Å². The Balaban J connectivity index is 1.81. The van der Waals surface area contributed by atoms with Gasteiger partial charge in [-0.2, -0.15) is 0 Å². The second-order valence-corrected chi connectivity index (χ2v) is 6.54. The summed E-state index contributed by atoms with van der Waals surface area (Å²) in [6.45, 7) is 5.76. The van der Waals surface area contributed by atoms with E-state index in [0.717, 1.165) is 5.57 Å². The number of aliphatic hydroxyl groups is 1. The zero-order chi connectivity index (χ0) is 16.6. The van der Waals surface area contributed by atoms with Crippen molar-refractivity contribution in [2.75, 3.05) is 0 Å². The molecule has 3 rings (SSSR count). The molecule has 122 valence electrons. The number of carbonyl (C=O) groups excluding carboxylic acids is 2. The number of esters is 2. The molecule has 0 aromatic heterocycles. The number of rotatable bonds is 4. The summed E-state index contributed by atoms with van der Waals surface area (Å²) in [4.78, 5) is 24.2. The van der Waals surface area contributed by atoms with Gasteiger partial charge in [-0.25, -0.2) is 9.59 Å². The van der Waals surface area contributed by atoms with Gasteiger partial charge in [0.05, 0.1) is 5.56 Å². The van der Waals surface area contributed by atoms with Crippen LogP contribution >= 0.6 is 0 Å². The Hall–Kier alpha value is -2.14. The normalized spacial score (nSPS) is 32.3. The van der Waals surface area contributed by atoms with Crippen LogP contribution in [0.4, 0.5) is 0 Å². The molecule has 0 radical (unpaired) electrons. The predicted octanol–water partition coefficient (Wildman–Crippen LogP) is 2.24. The Morgan fingerprint density at radius 1 is 1.39 bits per heavy atom. The van der Waals surface area contributed by atoms with E-state index in [4.69, 9.17) is 9.47 Å². The average molecular weight is 316 g/mol. The highest BCUT2D eigenvalue weighted by molar-refractivity contribution is 5.89. The van der Waals surface area contributed by atoms with Crippen LogP contribution in [0.2, 0.25) is 0 Å². The van der Waals surface area contributed by atoms with Crippen LogP contribution in [0.3, 0.4) is 0 Å². The number of hydrogen-bond donors (Lipinski definition) is 1. The molecule has 0 unspecified atom stereocenters. The molecular formula is C18H20O5. The Morgan fingerprint density at radius 3 is 2.74 bits per heavy atom. The van der Waals surface area contributed by atoms with Crippen LogP contribution in [0.5, 0.6) is 0 Å². The van der Waals surface area contributed by atoms with Crippen LogP contribution in [0.1, 0.15) is 36.5 Å². The fourth-order valence-corrected chi connectivity index (χ4v) is 3.48. The molecule has 2 fully saturated rings. The van der Waals surface area contributed by atoms with Crippen LogP contribution < -0.4 is 0 Å². The maximum absolute atomic E-state index is 12.3. The smallest absolute Gasteiger partial charge is 0.338 e. The highest BCUT2D eigenvalue weighted by Crippen LogP contribution is 2.44. The molecule has 5 heteroatoms. The van der Waals surface area contributed by atoms with E-state index in [9.17, 15) is 14.7 Å². The fraction of sp³-hybridized carbons (Fsp3) is 0.444. The molecule has 2 bridgehead atoms. The third-order valence-electron chi connectivity index (χ3n) is 4.47. The van der Waals surface area contributed by atoms with E-state index < -0.39 is 29.7 Å². The Kier molecular flexibility index (Phi) is 3.98.